The van der Waals surface area contributed by atoms with Crippen LogP contribution in [0.4, 0.5) is 114 Å². The van der Waals surface area contributed by atoms with Crippen molar-refractivity contribution in [1.29, 1.82) is 0 Å². The molecule has 0 unspecified atom stereocenters. The highest BCUT2D eigenvalue weighted by Crippen LogP contribution is 2.68. The Morgan fingerprint density at radius 2 is 0.615 bits per heavy atom. The molecule has 0 atom stereocenters. The number of alkyl halides is 23. The van der Waals surface area contributed by atoms with E-state index in [2.05, 4.69) is 0 Å². The second kappa shape index (κ2) is 8.94. The lowest BCUT2D eigenvalue weighted by Gasteiger charge is -2.49. The molecule has 0 saturated heterocycles. The van der Waals surface area contributed by atoms with E-state index in [0.717, 1.165) is 0 Å². The van der Waals surface area contributed by atoms with E-state index in [1.165, 1.54) is 0 Å². The molecule has 0 N–H and O–H groups in total. The van der Waals surface area contributed by atoms with E-state index in [1.807, 2.05) is 0 Å². The summed E-state index contributed by atoms with van der Waals surface area (Å²) in [4.78, 5) is 0. The molecular weight excluding hydrogens is 652 g/mol. The molecule has 39 heavy (non-hydrogen) atoms. The quantitative estimate of drug-likeness (QED) is 0.140. The summed E-state index contributed by atoms with van der Waals surface area (Å²) >= 11 is 0. The summed E-state index contributed by atoms with van der Waals surface area (Å²) in [5, 5.41) is 0. The zero-order chi connectivity index (χ0) is 32.7. The van der Waals surface area contributed by atoms with Crippen molar-refractivity contribution in [1.82, 2.24) is 0 Å². The summed E-state index contributed by atoms with van der Waals surface area (Å²) in [6.07, 6.45) is -32.1. The fourth-order valence-corrected chi connectivity index (χ4v) is 2.39. The lowest BCUT2D eigenvalue weighted by molar-refractivity contribution is -1.21. The summed E-state index contributed by atoms with van der Waals surface area (Å²) in [6, 6.07) is -19.2. The van der Waals surface area contributed by atoms with Crippen molar-refractivity contribution in [3.63, 3.8) is 0 Å². The Balaban J connectivity index is 8.12. The minimum Gasteiger partial charge on any atom is -0.192 e. The maximum absolute atomic E-state index is 14.0. The van der Waals surface area contributed by atoms with Gasteiger partial charge in [-0.2, -0.15) is 70.2 Å². The molecule has 0 aromatic rings. The smallest absolute Gasteiger partial charge is 0.192 e. The molecule has 0 aliphatic rings. The normalized spacial score (nSPS) is 16.5. The molecule has 0 fully saturated rings. The van der Waals surface area contributed by atoms with Crippen molar-refractivity contribution >= 4 is 0 Å². The molecule has 0 saturated carbocycles. The molecule has 0 aromatic heterocycles. The highest BCUT2D eigenvalue weighted by molar-refractivity contribution is 5.13. The van der Waals surface area contributed by atoms with Crippen LogP contribution >= 0.6 is 0 Å². The Hall–Kier alpha value is -2.12. The van der Waals surface area contributed by atoms with E-state index in [-0.39, 0.29) is 0 Å². The summed E-state index contributed by atoms with van der Waals surface area (Å²) in [7, 11) is 0. The SMILES string of the molecule is FC(F)=C(F)C(F)(F)[N+](C(F)(F)F)(C(F)(F)F)C(F)(F)C(F)(F)C(F)(F)C(F)(F)C(F)(F)C(F)(F)C(F)(F)F. The average molecular weight is 652 g/mol. The number of hydrogen-bond donors (Lipinski definition) is 0. The van der Waals surface area contributed by atoms with Crippen molar-refractivity contribution in [3.8, 4) is 0 Å². The molecule has 0 amide bonds. The van der Waals surface area contributed by atoms with E-state index in [9.17, 15) is 114 Å². The van der Waals surface area contributed by atoms with E-state index < -0.39 is 76.9 Å². The van der Waals surface area contributed by atoms with Gasteiger partial charge in [0, 0.05) is 0 Å². The molecule has 0 aromatic carbocycles. The highest BCUT2D eigenvalue weighted by Gasteiger charge is 3.04. The van der Waals surface area contributed by atoms with Crippen LogP contribution in [0, 0.1) is 0 Å². The van der Waals surface area contributed by atoms with Gasteiger partial charge in [0.15, 0.2) is 0 Å². The third-order valence-electron chi connectivity index (χ3n) is 4.34. The maximum atomic E-state index is 14.0. The fourth-order valence-electron chi connectivity index (χ4n) is 2.39. The topological polar surface area (TPSA) is 0 Å². The summed E-state index contributed by atoms with van der Waals surface area (Å²) < 4.78 is 330. The molecule has 0 bridgehead atoms. The minimum atomic E-state index is -10.1. The Morgan fingerprint density at radius 3 is 0.846 bits per heavy atom. The van der Waals surface area contributed by atoms with Gasteiger partial charge in [-0.1, -0.05) is 0 Å². The molecular formula is C12F26N+. The third-order valence-corrected chi connectivity index (χ3v) is 4.34. The maximum Gasteiger partial charge on any atom is 0.579 e. The molecule has 27 heteroatoms. The zero-order valence-corrected chi connectivity index (χ0v) is 16.3. The van der Waals surface area contributed by atoms with Gasteiger partial charge in [-0.3, -0.25) is 0 Å². The molecule has 0 aliphatic carbocycles. The van der Waals surface area contributed by atoms with Crippen LogP contribution in [0.1, 0.15) is 0 Å². The summed E-state index contributed by atoms with van der Waals surface area (Å²) in [5.74, 6) is -53.1. The van der Waals surface area contributed by atoms with Crippen LogP contribution < -0.4 is 0 Å². The second-order valence-electron chi connectivity index (χ2n) is 6.63. The van der Waals surface area contributed by atoms with Crippen molar-refractivity contribution in [2.75, 3.05) is 0 Å². The average Bonchev–Trinajstić information content (AvgIpc) is 2.62. The Morgan fingerprint density at radius 1 is 0.359 bits per heavy atom. The van der Waals surface area contributed by atoms with Crippen LogP contribution in [0.5, 0.6) is 0 Å². The predicted octanol–water partition coefficient (Wildman–Crippen LogP) is 8.84. The van der Waals surface area contributed by atoms with E-state index in [4.69, 9.17) is 0 Å². The number of hydrogen-bond acceptors (Lipinski definition) is 0. The first-order valence-electron chi connectivity index (χ1n) is 7.81. The van der Waals surface area contributed by atoms with Gasteiger partial charge in [0.2, 0.25) is 0 Å². The van der Waals surface area contributed by atoms with Gasteiger partial charge in [-0.15, -0.1) is 43.9 Å². The third kappa shape index (κ3) is 4.30. The van der Waals surface area contributed by atoms with E-state index >= 15 is 0 Å². The van der Waals surface area contributed by atoms with Crippen molar-refractivity contribution in [3.05, 3.63) is 11.9 Å². The number of halogens is 26. The van der Waals surface area contributed by atoms with Crippen molar-refractivity contribution < 1.29 is 119 Å². The van der Waals surface area contributed by atoms with Crippen LogP contribution in [0.2, 0.25) is 0 Å². The Bertz CT molecular complexity index is 921. The van der Waals surface area contributed by atoms with Crippen molar-refractivity contribution in [2.24, 2.45) is 0 Å². The van der Waals surface area contributed by atoms with Crippen LogP contribution in [0.25, 0.3) is 0 Å². The largest absolute Gasteiger partial charge is 0.579 e. The van der Waals surface area contributed by atoms with E-state index in [1.54, 1.807) is 0 Å². The molecule has 1 nitrogen and oxygen atoms in total. The van der Waals surface area contributed by atoms with E-state index in [0.29, 0.717) is 0 Å². The lowest BCUT2D eigenvalue weighted by Crippen LogP contribution is -2.87. The molecule has 0 aliphatic heterocycles. The number of rotatable bonds is 8. The Kier molecular flexibility index (Phi) is 8.45. The van der Waals surface area contributed by atoms with Gasteiger partial charge in [-0.25, -0.2) is 0 Å². The van der Waals surface area contributed by atoms with Crippen LogP contribution in [0.3, 0.4) is 0 Å². The number of quaternary nitrogens is 1. The number of nitrogens with zero attached hydrogens (tertiary/aromatic N) is 1. The minimum absolute atomic E-state index is 5.23. The monoisotopic (exact) mass is 652 g/mol. The molecule has 0 heterocycles. The molecule has 0 radical (unpaired) electrons. The molecule has 0 spiro atoms. The molecule has 0 rings (SSSR count). The second-order valence-corrected chi connectivity index (χ2v) is 6.63. The summed E-state index contributed by atoms with van der Waals surface area (Å²) in [6.45, 7) is 0. The molecule has 234 valence electrons. The van der Waals surface area contributed by atoms with Crippen molar-refractivity contribution in [2.45, 2.75) is 60.5 Å². The fraction of sp³-hybridized carbons (Fsp3) is 0.833. The first-order valence-corrected chi connectivity index (χ1v) is 7.81. The van der Waals surface area contributed by atoms with Crippen LogP contribution in [-0.4, -0.2) is 65.0 Å². The van der Waals surface area contributed by atoms with Crippen LogP contribution in [0.15, 0.2) is 11.9 Å². The van der Waals surface area contributed by atoms with Gasteiger partial charge in [0.25, 0.3) is 5.83 Å². The van der Waals surface area contributed by atoms with Gasteiger partial charge in [0.1, 0.15) is 0 Å². The van der Waals surface area contributed by atoms with Gasteiger partial charge < -0.3 is 0 Å². The summed E-state index contributed by atoms with van der Waals surface area (Å²) in [5.41, 5.74) is 0. The van der Waals surface area contributed by atoms with Gasteiger partial charge in [0.05, 0.1) is 0 Å². The lowest BCUT2D eigenvalue weighted by atomic mass is 9.92. The standard InChI is InChI=1S/C12F26N/c13-1(2(14)15)3(16,17)39(11(33,34)35,12(36,37)38)10(31,32)8(26,27)6(22,23)4(18,19)5(20,21)7(24,25)9(28,29)30/q+1. The Labute approximate surface area is 192 Å². The highest BCUT2D eigenvalue weighted by atomic mass is 19.4. The first kappa shape index (κ1) is 36.9. The van der Waals surface area contributed by atoms with Gasteiger partial charge in [-0.05, 0) is 4.48 Å². The van der Waals surface area contributed by atoms with Crippen LogP contribution in [-0.2, 0) is 0 Å². The predicted molar refractivity (Wildman–Crippen MR) is 63.4 cm³/mol. The van der Waals surface area contributed by atoms with Gasteiger partial charge >= 0.3 is 66.6 Å². The zero-order valence-electron chi connectivity index (χ0n) is 16.3. The first-order chi connectivity index (χ1) is 16.4.